The molecule has 0 aliphatic heterocycles. The van der Waals surface area contributed by atoms with Gasteiger partial charge in [-0.1, -0.05) is 42.1 Å². The van der Waals surface area contributed by atoms with Gasteiger partial charge in [-0.25, -0.2) is 8.78 Å². The maximum absolute atomic E-state index is 13.6. The van der Waals surface area contributed by atoms with Crippen LogP contribution in [0.3, 0.4) is 0 Å². The molecular weight excluding hydrogens is 490 g/mol. The van der Waals surface area contributed by atoms with Crippen LogP contribution < -0.4 is 0 Å². The van der Waals surface area contributed by atoms with Gasteiger partial charge in [0, 0.05) is 20.9 Å². The molecule has 0 N–H and O–H groups in total. The molecule has 0 radical (unpaired) electrons. The maximum atomic E-state index is 13.6. The Balaban J connectivity index is 1.36. The first-order chi connectivity index (χ1) is 17.6. The standard InChI is InChI=1S/C31H21F2OS2/c32-24-8-16-28(17-9-24)36(29-18-10-25(33)11-19-29)30-20-14-27(15-21-30)35-26-12-6-23(7-13-26)31(34)22-4-2-1-3-5-22/h1-21H/q+1. The topological polar surface area (TPSA) is 17.1 Å². The fraction of sp³-hybridized carbons (Fsp3) is 0. The summed E-state index contributed by atoms with van der Waals surface area (Å²) in [6, 6.07) is 38.0. The lowest BCUT2D eigenvalue weighted by atomic mass is 10.0. The Morgan fingerprint density at radius 2 is 0.889 bits per heavy atom. The molecule has 1 nitrogen and oxygen atoms in total. The van der Waals surface area contributed by atoms with Crippen LogP contribution in [0.5, 0.6) is 0 Å². The van der Waals surface area contributed by atoms with Crippen LogP contribution >= 0.6 is 11.8 Å². The van der Waals surface area contributed by atoms with E-state index in [1.165, 1.54) is 24.3 Å². The monoisotopic (exact) mass is 511 g/mol. The third-order valence-electron chi connectivity index (χ3n) is 5.55. The molecule has 0 saturated carbocycles. The summed E-state index contributed by atoms with van der Waals surface area (Å²) in [6.45, 7) is 0. The quantitative estimate of drug-likeness (QED) is 0.161. The molecule has 5 aromatic carbocycles. The zero-order chi connectivity index (χ0) is 24.9. The smallest absolute Gasteiger partial charge is 0.193 e. The van der Waals surface area contributed by atoms with Crippen LogP contribution in [0.2, 0.25) is 0 Å². The molecule has 36 heavy (non-hydrogen) atoms. The Bertz CT molecular complexity index is 1400. The molecule has 0 atom stereocenters. The van der Waals surface area contributed by atoms with Gasteiger partial charge in [0.05, 0.1) is 10.9 Å². The van der Waals surface area contributed by atoms with Crippen molar-refractivity contribution in [1.82, 2.24) is 0 Å². The van der Waals surface area contributed by atoms with Crippen molar-refractivity contribution >= 4 is 28.4 Å². The number of carbonyl (C=O) groups excluding carboxylic acids is 1. The van der Waals surface area contributed by atoms with Crippen molar-refractivity contribution in [3.05, 3.63) is 150 Å². The number of rotatable bonds is 7. The minimum Gasteiger partial charge on any atom is -0.289 e. The predicted octanol–water partition coefficient (Wildman–Crippen LogP) is 8.44. The zero-order valence-corrected chi connectivity index (χ0v) is 20.7. The summed E-state index contributed by atoms with van der Waals surface area (Å²) in [6.07, 6.45) is 0. The van der Waals surface area contributed by atoms with Gasteiger partial charge in [-0.15, -0.1) is 0 Å². The van der Waals surface area contributed by atoms with E-state index in [9.17, 15) is 13.6 Å². The highest BCUT2D eigenvalue weighted by Crippen LogP contribution is 2.34. The Morgan fingerprint density at radius 3 is 1.36 bits per heavy atom. The molecule has 0 bridgehead atoms. The van der Waals surface area contributed by atoms with Crippen molar-refractivity contribution in [2.75, 3.05) is 0 Å². The summed E-state index contributed by atoms with van der Waals surface area (Å²) in [7, 11) is -0.493. The van der Waals surface area contributed by atoms with Gasteiger partial charge in [-0.05, 0) is 97.1 Å². The largest absolute Gasteiger partial charge is 0.289 e. The van der Waals surface area contributed by atoms with E-state index in [2.05, 4.69) is 24.3 Å². The molecule has 0 saturated heterocycles. The summed E-state index contributed by atoms with van der Waals surface area (Å²) >= 11 is 1.61. The predicted molar refractivity (Wildman–Crippen MR) is 142 cm³/mol. The molecule has 0 aliphatic rings. The highest BCUT2D eigenvalue weighted by molar-refractivity contribution is 7.99. The molecule has 0 heterocycles. The minimum absolute atomic E-state index is 0.00474. The summed E-state index contributed by atoms with van der Waals surface area (Å²) in [5, 5.41) is 0. The molecule has 5 rings (SSSR count). The fourth-order valence-electron chi connectivity index (χ4n) is 3.76. The summed E-state index contributed by atoms with van der Waals surface area (Å²) in [5.74, 6) is -0.570. The lowest BCUT2D eigenvalue weighted by Crippen LogP contribution is -2.05. The van der Waals surface area contributed by atoms with Crippen molar-refractivity contribution in [3.63, 3.8) is 0 Å². The van der Waals surface area contributed by atoms with Crippen LogP contribution in [0.25, 0.3) is 0 Å². The first-order valence-corrected chi connectivity index (χ1v) is 13.3. The number of halogens is 2. The molecule has 0 aliphatic carbocycles. The van der Waals surface area contributed by atoms with Gasteiger partial charge < -0.3 is 0 Å². The zero-order valence-electron chi connectivity index (χ0n) is 19.1. The molecule has 0 amide bonds. The molecule has 0 fully saturated rings. The van der Waals surface area contributed by atoms with Gasteiger partial charge in [0.1, 0.15) is 11.6 Å². The van der Waals surface area contributed by atoms with Crippen LogP contribution in [0.15, 0.2) is 152 Å². The van der Waals surface area contributed by atoms with Crippen molar-refractivity contribution in [3.8, 4) is 0 Å². The van der Waals surface area contributed by atoms with Crippen LogP contribution in [0, 0.1) is 11.6 Å². The Kier molecular flexibility index (Phi) is 7.31. The summed E-state index contributed by atoms with van der Waals surface area (Å²) in [4.78, 5) is 17.7. The normalized spacial score (nSPS) is 11.0. The SMILES string of the molecule is O=C(c1ccccc1)c1ccc(Sc2ccc([S+](c3ccc(F)cc3)c3ccc(F)cc3)cc2)cc1. The van der Waals surface area contributed by atoms with Crippen molar-refractivity contribution in [2.45, 2.75) is 24.5 Å². The Hall–Kier alpha value is -3.67. The first-order valence-electron chi connectivity index (χ1n) is 11.3. The van der Waals surface area contributed by atoms with Gasteiger partial charge in [-0.2, -0.15) is 0 Å². The van der Waals surface area contributed by atoms with E-state index in [1.807, 2.05) is 54.6 Å². The van der Waals surface area contributed by atoms with E-state index in [0.29, 0.717) is 11.1 Å². The van der Waals surface area contributed by atoms with E-state index in [4.69, 9.17) is 0 Å². The van der Waals surface area contributed by atoms with Gasteiger partial charge in [-0.3, -0.25) is 4.79 Å². The van der Waals surface area contributed by atoms with Crippen LogP contribution in [0.4, 0.5) is 8.78 Å². The van der Waals surface area contributed by atoms with Crippen LogP contribution in [0.1, 0.15) is 15.9 Å². The fourth-order valence-corrected chi connectivity index (χ4v) is 6.62. The second kappa shape index (κ2) is 10.9. The summed E-state index contributed by atoms with van der Waals surface area (Å²) < 4.78 is 27.1. The van der Waals surface area contributed by atoms with E-state index in [-0.39, 0.29) is 17.4 Å². The lowest BCUT2D eigenvalue weighted by Gasteiger charge is -2.09. The minimum atomic E-state index is -0.493. The third-order valence-corrected chi connectivity index (χ3v) is 8.79. The van der Waals surface area contributed by atoms with E-state index >= 15 is 0 Å². The number of carbonyl (C=O) groups is 1. The van der Waals surface area contributed by atoms with Crippen LogP contribution in [-0.2, 0) is 10.9 Å². The molecule has 5 aromatic rings. The number of hydrogen-bond donors (Lipinski definition) is 0. The molecular formula is C31H21F2OS2+. The van der Waals surface area contributed by atoms with E-state index in [0.717, 1.165) is 24.5 Å². The van der Waals surface area contributed by atoms with Gasteiger partial charge in [0.25, 0.3) is 0 Å². The first kappa shape index (κ1) is 24.0. The van der Waals surface area contributed by atoms with E-state index < -0.39 is 10.9 Å². The third kappa shape index (κ3) is 5.59. The van der Waals surface area contributed by atoms with Gasteiger partial charge in [0.15, 0.2) is 20.5 Å². The lowest BCUT2D eigenvalue weighted by molar-refractivity contribution is 0.103. The molecule has 5 heteroatoms. The van der Waals surface area contributed by atoms with Gasteiger partial charge in [0.2, 0.25) is 0 Å². The second-order valence-corrected chi connectivity index (χ2v) is 11.2. The molecule has 0 spiro atoms. The maximum Gasteiger partial charge on any atom is 0.193 e. The van der Waals surface area contributed by atoms with Crippen LogP contribution in [-0.4, -0.2) is 5.78 Å². The molecule has 0 unspecified atom stereocenters. The Labute approximate surface area is 216 Å². The Morgan fingerprint density at radius 1 is 0.500 bits per heavy atom. The second-order valence-electron chi connectivity index (χ2n) is 8.01. The highest BCUT2D eigenvalue weighted by Gasteiger charge is 2.28. The van der Waals surface area contributed by atoms with E-state index in [1.54, 1.807) is 36.0 Å². The van der Waals surface area contributed by atoms with Gasteiger partial charge >= 0.3 is 0 Å². The molecule has 176 valence electrons. The highest BCUT2D eigenvalue weighted by atomic mass is 32.2. The number of hydrogen-bond acceptors (Lipinski definition) is 2. The average Bonchev–Trinajstić information content (AvgIpc) is 2.92. The van der Waals surface area contributed by atoms with Crippen molar-refractivity contribution < 1.29 is 13.6 Å². The average molecular weight is 512 g/mol. The van der Waals surface area contributed by atoms with Crippen molar-refractivity contribution in [2.24, 2.45) is 0 Å². The van der Waals surface area contributed by atoms with Crippen molar-refractivity contribution in [1.29, 1.82) is 0 Å². The molecule has 0 aromatic heterocycles. The number of benzene rings is 5. The summed E-state index contributed by atoms with van der Waals surface area (Å²) in [5.41, 5.74) is 1.33. The number of ketones is 1.